The van der Waals surface area contributed by atoms with Gasteiger partial charge >= 0.3 is 5.97 Å². The highest BCUT2D eigenvalue weighted by atomic mass is 16.6. The van der Waals surface area contributed by atoms with Crippen LogP contribution < -0.4 is 0 Å². The molecule has 0 saturated heterocycles. The Hall–Kier alpha value is -0.530. The third-order valence-electron chi connectivity index (χ3n) is 9.92. The molecule has 0 radical (unpaired) electrons. The first kappa shape index (κ1) is 22.7. The van der Waals surface area contributed by atoms with Gasteiger partial charge in [0.1, 0.15) is 5.60 Å². The molecule has 0 spiro atoms. The Morgan fingerprint density at radius 1 is 0.767 bits per heavy atom. The SMILES string of the molecule is CC(C)(C)CC(C)(C(=O)OC1(C2CCCCC2)C2CC3CC(C2)CC1C3)C(C)(C)C. The topological polar surface area (TPSA) is 26.3 Å². The van der Waals surface area contributed by atoms with Gasteiger partial charge < -0.3 is 4.74 Å². The van der Waals surface area contributed by atoms with E-state index in [4.69, 9.17) is 4.74 Å². The minimum atomic E-state index is -0.457. The molecule has 0 aromatic heterocycles. The molecule has 0 N–H and O–H groups in total. The Kier molecular flexibility index (Phi) is 5.67. The molecule has 5 aliphatic carbocycles. The monoisotopic (exact) mass is 416 g/mol. The van der Waals surface area contributed by atoms with Crippen LogP contribution in [0.4, 0.5) is 0 Å². The Balaban J connectivity index is 1.69. The van der Waals surface area contributed by atoms with E-state index >= 15 is 0 Å². The minimum Gasteiger partial charge on any atom is -0.458 e. The summed E-state index contributed by atoms with van der Waals surface area (Å²) in [6.45, 7) is 15.7. The number of carbonyl (C=O) groups excluding carboxylic acids is 1. The first-order chi connectivity index (χ1) is 13.8. The van der Waals surface area contributed by atoms with Gasteiger partial charge in [-0.25, -0.2) is 0 Å². The predicted octanol–water partition coefficient (Wildman–Crippen LogP) is 7.79. The fourth-order valence-corrected chi connectivity index (χ4v) is 8.37. The van der Waals surface area contributed by atoms with Gasteiger partial charge in [-0.3, -0.25) is 4.79 Å². The van der Waals surface area contributed by atoms with Crippen molar-refractivity contribution in [2.75, 3.05) is 0 Å². The van der Waals surface area contributed by atoms with Gasteiger partial charge in [0.15, 0.2) is 0 Å². The molecular formula is C28H48O2. The molecule has 172 valence electrons. The van der Waals surface area contributed by atoms with Crippen molar-refractivity contribution < 1.29 is 9.53 Å². The molecule has 0 aliphatic heterocycles. The van der Waals surface area contributed by atoms with Crippen molar-refractivity contribution in [3.63, 3.8) is 0 Å². The van der Waals surface area contributed by atoms with Gasteiger partial charge in [0.05, 0.1) is 5.41 Å². The van der Waals surface area contributed by atoms with Gasteiger partial charge in [0.25, 0.3) is 0 Å². The second kappa shape index (κ2) is 7.51. The van der Waals surface area contributed by atoms with Crippen LogP contribution in [0.1, 0.15) is 119 Å². The molecule has 1 atom stereocenters. The first-order valence-electron chi connectivity index (χ1n) is 13.1. The van der Waals surface area contributed by atoms with E-state index in [1.54, 1.807) is 0 Å². The van der Waals surface area contributed by atoms with Gasteiger partial charge in [-0.05, 0) is 98.7 Å². The summed E-state index contributed by atoms with van der Waals surface area (Å²) in [5.74, 6) is 3.78. The van der Waals surface area contributed by atoms with Crippen molar-refractivity contribution in [3.05, 3.63) is 0 Å². The minimum absolute atomic E-state index is 0.100. The highest BCUT2D eigenvalue weighted by Gasteiger charge is 2.63. The summed E-state index contributed by atoms with van der Waals surface area (Å²) in [5.41, 5.74) is -0.628. The molecule has 5 aliphatic rings. The molecule has 0 amide bonds. The molecule has 0 aromatic carbocycles. The normalized spacial score (nSPS) is 39.0. The third-order valence-corrected chi connectivity index (χ3v) is 9.92. The van der Waals surface area contributed by atoms with Gasteiger partial charge in [0, 0.05) is 0 Å². The van der Waals surface area contributed by atoms with Crippen molar-refractivity contribution >= 4 is 5.97 Å². The average Bonchev–Trinajstić information content (AvgIpc) is 2.62. The van der Waals surface area contributed by atoms with Crippen LogP contribution >= 0.6 is 0 Å². The molecule has 5 saturated carbocycles. The summed E-state index contributed by atoms with van der Waals surface area (Å²) in [6, 6.07) is 0. The second-order valence-electron chi connectivity index (χ2n) is 14.2. The summed E-state index contributed by atoms with van der Waals surface area (Å²) in [7, 11) is 0. The Bertz CT molecular complexity index is 609. The van der Waals surface area contributed by atoms with E-state index in [0.717, 1.165) is 18.3 Å². The molecule has 1 unspecified atom stereocenters. The van der Waals surface area contributed by atoms with E-state index in [1.165, 1.54) is 64.2 Å². The van der Waals surface area contributed by atoms with Crippen molar-refractivity contribution in [1.82, 2.24) is 0 Å². The van der Waals surface area contributed by atoms with Crippen molar-refractivity contribution in [1.29, 1.82) is 0 Å². The fraction of sp³-hybridized carbons (Fsp3) is 0.964. The summed E-state index contributed by atoms with van der Waals surface area (Å²) in [6.07, 6.45) is 14.2. The van der Waals surface area contributed by atoms with Crippen molar-refractivity contribution in [3.8, 4) is 0 Å². The van der Waals surface area contributed by atoms with Crippen LogP contribution in [0, 0.1) is 45.8 Å². The molecule has 30 heavy (non-hydrogen) atoms. The maximum absolute atomic E-state index is 14.2. The summed E-state index contributed by atoms with van der Waals surface area (Å²) < 4.78 is 7.05. The lowest BCUT2D eigenvalue weighted by Crippen LogP contribution is -2.64. The lowest BCUT2D eigenvalue weighted by molar-refractivity contribution is -0.244. The maximum atomic E-state index is 14.2. The largest absolute Gasteiger partial charge is 0.458 e. The molecule has 2 nitrogen and oxygen atoms in total. The molecular weight excluding hydrogens is 368 g/mol. The lowest BCUT2D eigenvalue weighted by atomic mass is 9.46. The van der Waals surface area contributed by atoms with Crippen LogP contribution in [0.15, 0.2) is 0 Å². The van der Waals surface area contributed by atoms with Crippen molar-refractivity contribution in [2.45, 2.75) is 125 Å². The number of rotatable bonds is 4. The van der Waals surface area contributed by atoms with Crippen LogP contribution in [0.25, 0.3) is 0 Å². The van der Waals surface area contributed by atoms with E-state index < -0.39 is 5.41 Å². The molecule has 5 fully saturated rings. The molecule has 0 heterocycles. The fourth-order valence-electron chi connectivity index (χ4n) is 8.37. The Labute approximate surface area is 186 Å². The smallest absolute Gasteiger partial charge is 0.312 e. The predicted molar refractivity (Wildman–Crippen MR) is 124 cm³/mol. The Morgan fingerprint density at radius 3 is 1.70 bits per heavy atom. The zero-order valence-corrected chi connectivity index (χ0v) is 21.0. The average molecular weight is 417 g/mol. The van der Waals surface area contributed by atoms with E-state index in [0.29, 0.717) is 17.8 Å². The summed E-state index contributed by atoms with van der Waals surface area (Å²) >= 11 is 0. The number of carbonyl (C=O) groups is 1. The highest BCUT2D eigenvalue weighted by Crippen LogP contribution is 2.64. The first-order valence-corrected chi connectivity index (χ1v) is 13.1. The summed E-state index contributed by atoms with van der Waals surface area (Å²) in [5, 5.41) is 0. The molecule has 5 rings (SSSR count). The van der Waals surface area contributed by atoms with Gasteiger partial charge in [-0.1, -0.05) is 60.8 Å². The van der Waals surface area contributed by atoms with Gasteiger partial charge in [-0.2, -0.15) is 0 Å². The number of hydrogen-bond donors (Lipinski definition) is 0. The summed E-state index contributed by atoms with van der Waals surface area (Å²) in [4.78, 5) is 14.2. The van der Waals surface area contributed by atoms with Gasteiger partial charge in [-0.15, -0.1) is 0 Å². The van der Waals surface area contributed by atoms with E-state index in [1.807, 2.05) is 0 Å². The molecule has 0 aromatic rings. The van der Waals surface area contributed by atoms with Crippen LogP contribution in [0.5, 0.6) is 0 Å². The highest BCUT2D eigenvalue weighted by molar-refractivity contribution is 5.78. The van der Waals surface area contributed by atoms with E-state index in [-0.39, 0.29) is 22.4 Å². The lowest BCUT2D eigenvalue weighted by Gasteiger charge is -2.63. The standard InChI is InChI=1S/C28H48O2/c1-25(2,3)18-27(7,26(4,5)6)24(29)30-28(21-11-9-8-10-12-21)22-14-19-13-20(16-22)17-23(28)15-19/h19-23H,8-18H2,1-7H3. The third kappa shape index (κ3) is 3.77. The van der Waals surface area contributed by atoms with E-state index in [2.05, 4.69) is 48.5 Å². The van der Waals surface area contributed by atoms with Crippen LogP contribution in [0.2, 0.25) is 0 Å². The molecule has 2 heteroatoms. The van der Waals surface area contributed by atoms with Crippen LogP contribution in [0.3, 0.4) is 0 Å². The van der Waals surface area contributed by atoms with E-state index in [9.17, 15) is 4.79 Å². The molecule has 4 bridgehead atoms. The second-order valence-corrected chi connectivity index (χ2v) is 14.2. The zero-order valence-electron chi connectivity index (χ0n) is 21.0. The Morgan fingerprint density at radius 2 is 1.27 bits per heavy atom. The number of esters is 1. The number of ether oxygens (including phenoxy) is 1. The van der Waals surface area contributed by atoms with Crippen molar-refractivity contribution in [2.24, 2.45) is 45.8 Å². The zero-order chi connectivity index (χ0) is 21.9. The maximum Gasteiger partial charge on any atom is 0.312 e. The van der Waals surface area contributed by atoms with Gasteiger partial charge in [0.2, 0.25) is 0 Å². The van der Waals surface area contributed by atoms with Crippen LogP contribution in [-0.4, -0.2) is 11.6 Å². The quantitative estimate of drug-likeness (QED) is 0.437. The number of hydrogen-bond acceptors (Lipinski definition) is 2. The van der Waals surface area contributed by atoms with Crippen LogP contribution in [-0.2, 0) is 9.53 Å².